The number of anilines is 1. The molecule has 3 heterocycles. The summed E-state index contributed by atoms with van der Waals surface area (Å²) in [6.07, 6.45) is 2.23. The molecule has 5 rings (SSSR count). The summed E-state index contributed by atoms with van der Waals surface area (Å²) >= 11 is 12.8. The van der Waals surface area contributed by atoms with E-state index in [1.807, 2.05) is 11.1 Å². The minimum absolute atomic E-state index is 0.0611. The molecule has 1 N–H and O–H groups in total. The number of aromatic amines is 1. The van der Waals surface area contributed by atoms with Gasteiger partial charge in [0.15, 0.2) is 5.75 Å². The van der Waals surface area contributed by atoms with Gasteiger partial charge in [0.2, 0.25) is 5.69 Å². The second-order valence-corrected chi connectivity index (χ2v) is 8.50. The highest BCUT2D eigenvalue weighted by atomic mass is 35.5. The van der Waals surface area contributed by atoms with Gasteiger partial charge in [-0.05, 0) is 54.4 Å². The number of amides is 1. The molecule has 4 aromatic rings. The Hall–Kier alpha value is -4.46. The third-order valence-corrected chi connectivity index (χ3v) is 6.03. The molecule has 0 aliphatic carbocycles. The summed E-state index contributed by atoms with van der Waals surface area (Å²) in [6, 6.07) is 14.8. The van der Waals surface area contributed by atoms with Gasteiger partial charge in [0.1, 0.15) is 17.6 Å². The molecule has 10 nitrogen and oxygen atoms in total. The van der Waals surface area contributed by atoms with Gasteiger partial charge in [0.25, 0.3) is 11.5 Å². The van der Waals surface area contributed by atoms with Crippen LogP contribution >= 0.6 is 23.2 Å². The highest BCUT2D eigenvalue weighted by Crippen LogP contribution is 2.39. The molecule has 1 aliphatic rings. The van der Waals surface area contributed by atoms with Gasteiger partial charge < -0.3 is 4.74 Å². The second kappa shape index (κ2) is 9.30. The van der Waals surface area contributed by atoms with Crippen molar-refractivity contribution in [1.29, 1.82) is 5.26 Å². The lowest BCUT2D eigenvalue weighted by molar-refractivity contribution is 0.0980. The molecule has 0 bridgehead atoms. The Morgan fingerprint density at radius 2 is 1.83 bits per heavy atom. The molecule has 1 aliphatic heterocycles. The van der Waals surface area contributed by atoms with Gasteiger partial charge in [0, 0.05) is 18.3 Å². The SMILES string of the molecule is N#Cc1nn(-c2cc(Cl)c(Oc3ccc4c(c3)CCN(c3ccccn3)C4=O)c(Cl)c2)c(=O)[nH]c1=O. The smallest absolute Gasteiger partial charge is 0.349 e. The topological polar surface area (TPSA) is 134 Å². The monoisotopic (exact) mass is 520 g/mol. The number of carbonyl (C=O) groups is 1. The Morgan fingerprint density at radius 1 is 1.06 bits per heavy atom. The summed E-state index contributed by atoms with van der Waals surface area (Å²) in [5.41, 5.74) is -0.776. The Labute approximate surface area is 212 Å². The molecule has 12 heteroatoms. The van der Waals surface area contributed by atoms with Gasteiger partial charge in [0.05, 0.1) is 15.7 Å². The van der Waals surface area contributed by atoms with Gasteiger partial charge >= 0.3 is 5.69 Å². The molecule has 0 spiro atoms. The number of pyridine rings is 1. The van der Waals surface area contributed by atoms with Gasteiger partial charge in [-0.1, -0.05) is 29.3 Å². The van der Waals surface area contributed by atoms with Gasteiger partial charge in [-0.2, -0.15) is 9.94 Å². The molecule has 2 aromatic heterocycles. The van der Waals surface area contributed by atoms with E-state index in [0.29, 0.717) is 30.1 Å². The second-order valence-electron chi connectivity index (χ2n) is 7.69. The van der Waals surface area contributed by atoms with E-state index >= 15 is 0 Å². The van der Waals surface area contributed by atoms with Crippen LogP contribution in [0.1, 0.15) is 21.6 Å². The summed E-state index contributed by atoms with van der Waals surface area (Å²) in [5.74, 6) is 0.968. The van der Waals surface area contributed by atoms with Crippen LogP contribution in [-0.2, 0) is 6.42 Å². The maximum Gasteiger partial charge on any atom is 0.349 e. The number of nitrogens with zero attached hydrogens (tertiary/aromatic N) is 5. The van der Waals surface area contributed by atoms with E-state index in [2.05, 4.69) is 10.1 Å². The standard InChI is InChI=1S/C24H14Cl2N6O4/c25-17-10-14(32-24(35)29-22(33)19(12-27)30-32)11-18(26)21(17)36-15-4-5-16-13(9-15)6-8-31(23(16)34)20-3-1-2-7-28-20/h1-5,7,9-11H,6,8H2,(H,29,33,35). The average molecular weight is 521 g/mol. The predicted molar refractivity (Wildman–Crippen MR) is 131 cm³/mol. The van der Waals surface area contributed by atoms with E-state index in [4.69, 9.17) is 33.2 Å². The number of nitrogens with one attached hydrogen (secondary N) is 1. The summed E-state index contributed by atoms with van der Waals surface area (Å²) in [4.78, 5) is 44.7. The number of aromatic nitrogens is 4. The van der Waals surface area contributed by atoms with Crippen LogP contribution in [0.4, 0.5) is 5.82 Å². The first-order valence-electron chi connectivity index (χ1n) is 10.5. The highest BCUT2D eigenvalue weighted by molar-refractivity contribution is 6.37. The number of nitriles is 1. The van der Waals surface area contributed by atoms with E-state index in [9.17, 15) is 14.4 Å². The third kappa shape index (κ3) is 4.22. The first-order valence-corrected chi connectivity index (χ1v) is 11.3. The van der Waals surface area contributed by atoms with E-state index in [-0.39, 0.29) is 27.4 Å². The summed E-state index contributed by atoms with van der Waals surface area (Å²) in [5, 5.41) is 12.9. The number of fused-ring (bicyclic) bond motifs is 1. The number of hydrogen-bond acceptors (Lipinski definition) is 7. The predicted octanol–water partition coefficient (Wildman–Crippen LogP) is 3.49. The molecule has 0 fully saturated rings. The van der Waals surface area contributed by atoms with Crippen LogP contribution in [0.15, 0.2) is 64.3 Å². The van der Waals surface area contributed by atoms with Gasteiger partial charge in [-0.25, -0.2) is 9.78 Å². The molecule has 0 unspecified atom stereocenters. The maximum absolute atomic E-state index is 13.0. The molecule has 0 saturated heterocycles. The molecular formula is C24H14Cl2N6O4. The summed E-state index contributed by atoms with van der Waals surface area (Å²) in [7, 11) is 0. The molecule has 0 saturated carbocycles. The van der Waals surface area contributed by atoms with E-state index in [0.717, 1.165) is 10.2 Å². The highest BCUT2D eigenvalue weighted by Gasteiger charge is 2.26. The Balaban J connectivity index is 1.43. The number of halogens is 2. The minimum Gasteiger partial charge on any atom is -0.454 e. The van der Waals surface area contributed by atoms with Crippen molar-refractivity contribution in [2.45, 2.75) is 6.42 Å². The van der Waals surface area contributed by atoms with Crippen molar-refractivity contribution in [3.05, 3.63) is 102 Å². The number of benzene rings is 2. The number of rotatable bonds is 4. The lowest BCUT2D eigenvalue weighted by atomic mass is 9.98. The largest absolute Gasteiger partial charge is 0.454 e. The Morgan fingerprint density at radius 3 is 2.53 bits per heavy atom. The quantitative estimate of drug-likeness (QED) is 0.435. The molecule has 1 amide bonds. The number of ether oxygens (including phenoxy) is 1. The van der Waals surface area contributed by atoms with Crippen LogP contribution < -0.4 is 20.9 Å². The van der Waals surface area contributed by atoms with Gasteiger partial charge in [-0.3, -0.25) is 19.5 Å². The van der Waals surface area contributed by atoms with Crippen LogP contribution in [0.3, 0.4) is 0 Å². The Bertz CT molecular complexity index is 1650. The van der Waals surface area contributed by atoms with Gasteiger partial charge in [-0.15, -0.1) is 5.10 Å². The number of hydrogen-bond donors (Lipinski definition) is 1. The van der Waals surface area contributed by atoms with Crippen LogP contribution in [0.2, 0.25) is 10.0 Å². The normalized spacial score (nSPS) is 12.7. The zero-order valence-corrected chi connectivity index (χ0v) is 19.7. The minimum atomic E-state index is -0.898. The van der Waals surface area contributed by atoms with Crippen LogP contribution in [0.25, 0.3) is 5.69 Å². The van der Waals surface area contributed by atoms with Crippen molar-refractivity contribution in [3.63, 3.8) is 0 Å². The molecule has 0 radical (unpaired) electrons. The molecular weight excluding hydrogens is 507 g/mol. The summed E-state index contributed by atoms with van der Waals surface area (Å²) < 4.78 is 6.72. The van der Waals surface area contributed by atoms with E-state index < -0.39 is 16.9 Å². The van der Waals surface area contributed by atoms with Crippen molar-refractivity contribution < 1.29 is 9.53 Å². The van der Waals surface area contributed by atoms with Crippen molar-refractivity contribution in [3.8, 4) is 23.3 Å². The first kappa shape index (κ1) is 23.3. The maximum atomic E-state index is 13.0. The molecule has 2 aromatic carbocycles. The lowest BCUT2D eigenvalue weighted by Crippen LogP contribution is -2.38. The summed E-state index contributed by atoms with van der Waals surface area (Å²) in [6.45, 7) is 0.466. The van der Waals surface area contributed by atoms with Crippen LogP contribution in [0, 0.1) is 11.3 Å². The zero-order chi connectivity index (χ0) is 25.4. The lowest BCUT2D eigenvalue weighted by Gasteiger charge is -2.28. The molecule has 178 valence electrons. The van der Waals surface area contributed by atoms with E-state index in [1.54, 1.807) is 47.5 Å². The van der Waals surface area contributed by atoms with Crippen molar-refractivity contribution in [1.82, 2.24) is 19.7 Å². The van der Waals surface area contributed by atoms with Crippen LogP contribution in [-0.4, -0.2) is 32.2 Å². The number of carbonyl (C=O) groups excluding carboxylic acids is 1. The van der Waals surface area contributed by atoms with Crippen molar-refractivity contribution in [2.24, 2.45) is 0 Å². The fourth-order valence-corrected chi connectivity index (χ4v) is 4.35. The number of H-pyrrole nitrogens is 1. The Kier molecular flexibility index (Phi) is 6.01. The average Bonchev–Trinajstić information content (AvgIpc) is 2.87. The fourth-order valence-electron chi connectivity index (χ4n) is 3.79. The third-order valence-electron chi connectivity index (χ3n) is 5.46. The fraction of sp³-hybridized carbons (Fsp3) is 0.0833. The molecule has 36 heavy (non-hydrogen) atoms. The van der Waals surface area contributed by atoms with Crippen molar-refractivity contribution in [2.75, 3.05) is 11.4 Å². The van der Waals surface area contributed by atoms with Crippen LogP contribution in [0.5, 0.6) is 11.5 Å². The van der Waals surface area contributed by atoms with Crippen molar-refractivity contribution >= 4 is 34.9 Å². The molecule has 0 atom stereocenters. The zero-order valence-electron chi connectivity index (χ0n) is 18.2. The van der Waals surface area contributed by atoms with E-state index in [1.165, 1.54) is 12.1 Å². The first-order chi connectivity index (χ1) is 17.4.